The Morgan fingerprint density at radius 3 is 2.53 bits per heavy atom. The second kappa shape index (κ2) is 9.69. The maximum Gasteiger partial charge on any atom is 0.283 e. The van der Waals surface area contributed by atoms with Crippen molar-refractivity contribution in [3.8, 4) is 5.75 Å². The van der Waals surface area contributed by atoms with Crippen molar-refractivity contribution >= 4 is 26.8 Å². The van der Waals surface area contributed by atoms with Crippen molar-refractivity contribution < 1.29 is 17.9 Å². The Kier molecular flexibility index (Phi) is 6.70. The number of benzene rings is 2. The number of fused-ring (bicyclic) bond motifs is 1. The highest BCUT2D eigenvalue weighted by molar-refractivity contribution is 7.90. The number of hydrogen-bond donors (Lipinski definition) is 1. The summed E-state index contributed by atoms with van der Waals surface area (Å²) in [4.78, 5) is 17.2. The molecule has 0 saturated carbocycles. The van der Waals surface area contributed by atoms with Crippen molar-refractivity contribution in [3.05, 3.63) is 89.9 Å². The zero-order chi connectivity index (χ0) is 24.3. The fourth-order valence-corrected chi connectivity index (χ4v) is 4.86. The molecule has 2 heterocycles. The van der Waals surface area contributed by atoms with E-state index in [1.54, 1.807) is 31.4 Å². The SMILES string of the molecule is CCC(C)c1cc2cc(OC)ccc2n1Cc1cccc(C(=O)NS(=O)(=O)c2ccccc2)n1. The molecule has 7 nitrogen and oxygen atoms in total. The summed E-state index contributed by atoms with van der Waals surface area (Å²) >= 11 is 0. The second-order valence-corrected chi connectivity index (χ2v) is 9.83. The molecule has 1 amide bonds. The van der Waals surface area contributed by atoms with Crippen LogP contribution in [0.2, 0.25) is 0 Å². The van der Waals surface area contributed by atoms with Crippen LogP contribution in [0.4, 0.5) is 0 Å². The van der Waals surface area contributed by atoms with E-state index in [0.717, 1.165) is 28.8 Å². The topological polar surface area (TPSA) is 90.3 Å². The zero-order valence-electron chi connectivity index (χ0n) is 19.4. The molecule has 1 N–H and O–H groups in total. The molecule has 0 bridgehead atoms. The van der Waals surface area contributed by atoms with E-state index in [9.17, 15) is 13.2 Å². The summed E-state index contributed by atoms with van der Waals surface area (Å²) in [6.07, 6.45) is 0.973. The molecule has 1 unspecified atom stereocenters. The summed E-state index contributed by atoms with van der Waals surface area (Å²) in [5, 5.41) is 1.07. The first-order valence-corrected chi connectivity index (χ1v) is 12.6. The fraction of sp³-hybridized carbons (Fsp3) is 0.231. The number of amides is 1. The molecule has 1 atom stereocenters. The van der Waals surface area contributed by atoms with Gasteiger partial charge in [0.1, 0.15) is 11.4 Å². The van der Waals surface area contributed by atoms with Crippen molar-refractivity contribution in [1.29, 1.82) is 0 Å². The first-order chi connectivity index (χ1) is 16.3. The lowest BCUT2D eigenvalue weighted by Crippen LogP contribution is -2.31. The van der Waals surface area contributed by atoms with Crippen LogP contribution in [-0.4, -0.2) is 31.0 Å². The molecule has 0 spiro atoms. The van der Waals surface area contributed by atoms with E-state index in [-0.39, 0.29) is 10.6 Å². The van der Waals surface area contributed by atoms with Crippen LogP contribution < -0.4 is 9.46 Å². The van der Waals surface area contributed by atoms with Gasteiger partial charge >= 0.3 is 0 Å². The van der Waals surface area contributed by atoms with Crippen LogP contribution in [-0.2, 0) is 16.6 Å². The number of aromatic nitrogens is 2. The number of methoxy groups -OCH3 is 1. The van der Waals surface area contributed by atoms with E-state index < -0.39 is 15.9 Å². The van der Waals surface area contributed by atoms with E-state index in [2.05, 4.69) is 34.2 Å². The number of ether oxygens (including phenoxy) is 1. The zero-order valence-corrected chi connectivity index (χ0v) is 20.2. The molecule has 176 valence electrons. The van der Waals surface area contributed by atoms with Crippen LogP contribution in [0.25, 0.3) is 10.9 Å². The van der Waals surface area contributed by atoms with Crippen LogP contribution in [0.5, 0.6) is 5.75 Å². The lowest BCUT2D eigenvalue weighted by molar-refractivity contribution is 0.0976. The third-order valence-corrected chi connectivity index (χ3v) is 7.24. The number of carbonyl (C=O) groups excluding carboxylic acids is 1. The van der Waals surface area contributed by atoms with Gasteiger partial charge in [-0.15, -0.1) is 0 Å². The largest absolute Gasteiger partial charge is 0.497 e. The maximum absolute atomic E-state index is 12.7. The molecule has 0 radical (unpaired) electrons. The van der Waals surface area contributed by atoms with Crippen molar-refractivity contribution in [2.45, 2.75) is 37.6 Å². The summed E-state index contributed by atoms with van der Waals surface area (Å²) in [6, 6.07) is 20.9. The Morgan fingerprint density at radius 1 is 1.06 bits per heavy atom. The summed E-state index contributed by atoms with van der Waals surface area (Å²) in [5.41, 5.74) is 2.90. The summed E-state index contributed by atoms with van der Waals surface area (Å²) in [5.74, 6) is 0.340. The Bertz CT molecular complexity index is 1430. The van der Waals surface area contributed by atoms with Crippen LogP contribution >= 0.6 is 0 Å². The minimum absolute atomic E-state index is 0.0203. The van der Waals surface area contributed by atoms with E-state index in [0.29, 0.717) is 18.2 Å². The highest BCUT2D eigenvalue weighted by atomic mass is 32.2. The average molecular weight is 478 g/mol. The fourth-order valence-electron chi connectivity index (χ4n) is 3.88. The molecule has 8 heteroatoms. The third kappa shape index (κ3) is 4.82. The van der Waals surface area contributed by atoms with Crippen molar-refractivity contribution in [2.75, 3.05) is 7.11 Å². The van der Waals surface area contributed by atoms with Crippen molar-refractivity contribution in [3.63, 3.8) is 0 Å². The smallest absolute Gasteiger partial charge is 0.283 e. The van der Waals surface area contributed by atoms with Gasteiger partial charge in [0.2, 0.25) is 0 Å². The predicted octanol–water partition coefficient (Wildman–Crippen LogP) is 4.73. The number of nitrogens with one attached hydrogen (secondary N) is 1. The summed E-state index contributed by atoms with van der Waals surface area (Å²) in [6.45, 7) is 4.76. The van der Waals surface area contributed by atoms with Gasteiger partial charge in [-0.2, -0.15) is 0 Å². The van der Waals surface area contributed by atoms with Crippen molar-refractivity contribution in [2.24, 2.45) is 0 Å². The quantitative estimate of drug-likeness (QED) is 0.396. The van der Waals surface area contributed by atoms with Gasteiger partial charge in [0.25, 0.3) is 15.9 Å². The van der Waals surface area contributed by atoms with Gasteiger partial charge in [0, 0.05) is 16.6 Å². The lowest BCUT2D eigenvalue weighted by atomic mass is 10.0. The van der Waals surface area contributed by atoms with E-state index in [4.69, 9.17) is 4.74 Å². The van der Waals surface area contributed by atoms with Gasteiger partial charge in [-0.25, -0.2) is 18.1 Å². The van der Waals surface area contributed by atoms with Crippen molar-refractivity contribution in [1.82, 2.24) is 14.3 Å². The Hall–Kier alpha value is -3.65. The number of nitrogens with zero attached hydrogens (tertiary/aromatic N) is 2. The van der Waals surface area contributed by atoms with Gasteiger partial charge in [-0.3, -0.25) is 4.79 Å². The molecule has 2 aromatic heterocycles. The van der Waals surface area contributed by atoms with Crippen LogP contribution in [0.15, 0.2) is 77.7 Å². The highest BCUT2D eigenvalue weighted by Gasteiger charge is 2.20. The lowest BCUT2D eigenvalue weighted by Gasteiger charge is -2.15. The van der Waals surface area contributed by atoms with Gasteiger partial charge < -0.3 is 9.30 Å². The first kappa shape index (κ1) is 23.5. The standard InChI is InChI=1S/C26H27N3O4S/c1-4-18(2)25-16-19-15-21(33-3)13-14-24(19)29(25)17-20-9-8-12-23(27-20)26(30)28-34(31,32)22-10-6-5-7-11-22/h5-16,18H,4,17H2,1-3H3,(H,28,30). The molecular formula is C26H27N3O4S. The molecule has 4 aromatic rings. The molecule has 0 aliphatic heterocycles. The first-order valence-electron chi connectivity index (χ1n) is 11.1. The molecule has 0 aliphatic rings. The summed E-state index contributed by atoms with van der Waals surface area (Å²) < 4.78 is 34.7. The minimum Gasteiger partial charge on any atom is -0.497 e. The van der Waals surface area contributed by atoms with Gasteiger partial charge in [0.15, 0.2) is 0 Å². The molecular weight excluding hydrogens is 450 g/mol. The third-order valence-electron chi connectivity index (χ3n) is 5.90. The van der Waals surface area contributed by atoms with E-state index in [1.807, 2.05) is 24.3 Å². The van der Waals surface area contributed by atoms with Crippen LogP contribution in [0.3, 0.4) is 0 Å². The molecule has 0 aliphatic carbocycles. The normalized spacial score (nSPS) is 12.4. The Morgan fingerprint density at radius 2 is 1.82 bits per heavy atom. The molecule has 34 heavy (non-hydrogen) atoms. The van der Waals surface area contributed by atoms with E-state index in [1.165, 1.54) is 18.2 Å². The monoisotopic (exact) mass is 477 g/mol. The van der Waals surface area contributed by atoms with E-state index >= 15 is 0 Å². The molecule has 2 aromatic carbocycles. The van der Waals surface area contributed by atoms with Gasteiger partial charge in [0.05, 0.1) is 24.2 Å². The Balaban J connectivity index is 1.64. The summed E-state index contributed by atoms with van der Waals surface area (Å²) in [7, 11) is -2.34. The minimum atomic E-state index is -3.98. The second-order valence-electron chi connectivity index (χ2n) is 8.15. The number of rotatable bonds is 8. The predicted molar refractivity (Wildman–Crippen MR) is 132 cm³/mol. The molecule has 0 saturated heterocycles. The molecule has 4 rings (SSSR count). The van der Waals surface area contributed by atoms with Crippen LogP contribution in [0, 0.1) is 0 Å². The van der Waals surface area contributed by atoms with Gasteiger partial charge in [-0.1, -0.05) is 38.1 Å². The number of sulfonamides is 1. The number of carbonyl (C=O) groups is 1. The maximum atomic E-state index is 12.7. The Labute approximate surface area is 199 Å². The number of hydrogen-bond acceptors (Lipinski definition) is 5. The van der Waals surface area contributed by atoms with Crippen LogP contribution in [0.1, 0.15) is 48.1 Å². The average Bonchev–Trinajstić information content (AvgIpc) is 3.21. The highest BCUT2D eigenvalue weighted by Crippen LogP contribution is 2.30. The van der Waals surface area contributed by atoms with Gasteiger partial charge in [-0.05, 0) is 60.9 Å². The number of pyridine rings is 1. The molecule has 0 fully saturated rings.